The Hall–Kier alpha value is -0.570. The van der Waals surface area contributed by atoms with Gasteiger partial charge in [-0.25, -0.2) is 0 Å². The molecular formula is C13H22N2O. The van der Waals surface area contributed by atoms with Crippen LogP contribution < -0.4 is 0 Å². The van der Waals surface area contributed by atoms with Gasteiger partial charge in [0.05, 0.1) is 5.71 Å². The lowest BCUT2D eigenvalue weighted by Crippen LogP contribution is -2.47. The molecule has 90 valence electrons. The van der Waals surface area contributed by atoms with Crippen molar-refractivity contribution in [2.45, 2.75) is 51.0 Å². The van der Waals surface area contributed by atoms with Crippen molar-refractivity contribution in [3.63, 3.8) is 0 Å². The van der Waals surface area contributed by atoms with Crippen LogP contribution >= 0.6 is 0 Å². The third kappa shape index (κ3) is 1.65. The maximum Gasteiger partial charge on any atom is 0.0648 e. The van der Waals surface area contributed by atoms with Crippen molar-refractivity contribution in [2.24, 2.45) is 17.0 Å². The number of hydrogen-bond donors (Lipinski definition) is 1. The Bertz CT molecular complexity index is 284. The second kappa shape index (κ2) is 4.36. The van der Waals surface area contributed by atoms with Crippen molar-refractivity contribution in [1.82, 2.24) is 4.90 Å². The fraction of sp³-hybridized carbons (Fsp3) is 0.923. The highest BCUT2D eigenvalue weighted by atomic mass is 16.4. The van der Waals surface area contributed by atoms with E-state index in [1.807, 2.05) is 0 Å². The van der Waals surface area contributed by atoms with Gasteiger partial charge >= 0.3 is 0 Å². The van der Waals surface area contributed by atoms with Crippen molar-refractivity contribution in [3.05, 3.63) is 0 Å². The molecule has 1 heterocycles. The summed E-state index contributed by atoms with van der Waals surface area (Å²) in [7, 11) is 0. The minimum Gasteiger partial charge on any atom is -0.411 e. The van der Waals surface area contributed by atoms with Gasteiger partial charge in [-0.15, -0.1) is 0 Å². The van der Waals surface area contributed by atoms with E-state index in [1.165, 1.54) is 58.0 Å². The molecule has 0 spiro atoms. The quantitative estimate of drug-likeness (QED) is 0.546. The van der Waals surface area contributed by atoms with Gasteiger partial charge in [0.15, 0.2) is 0 Å². The van der Waals surface area contributed by atoms with E-state index < -0.39 is 0 Å². The number of hydrogen-bond acceptors (Lipinski definition) is 3. The molecule has 3 atom stereocenters. The predicted octanol–water partition coefficient (Wildman–Crippen LogP) is 2.49. The Kier molecular flexibility index (Phi) is 2.88. The summed E-state index contributed by atoms with van der Waals surface area (Å²) in [6.07, 6.45) is 9.21. The van der Waals surface area contributed by atoms with Gasteiger partial charge in [0.25, 0.3) is 0 Å². The monoisotopic (exact) mass is 222 g/mol. The number of fused-ring (bicyclic) bond motifs is 2. The fourth-order valence-corrected chi connectivity index (χ4v) is 4.08. The van der Waals surface area contributed by atoms with Crippen molar-refractivity contribution in [1.29, 1.82) is 0 Å². The molecule has 3 fully saturated rings. The SMILES string of the molecule is ON=C1[C@H]2CC[C@H]1[C@H](N1CCCCC1)CC2. The molecule has 0 aromatic rings. The molecule has 3 nitrogen and oxygen atoms in total. The van der Waals surface area contributed by atoms with Gasteiger partial charge in [0.2, 0.25) is 0 Å². The Labute approximate surface area is 97.5 Å². The summed E-state index contributed by atoms with van der Waals surface area (Å²) in [4.78, 5) is 2.67. The number of oxime groups is 1. The van der Waals surface area contributed by atoms with E-state index in [0.717, 1.165) is 5.71 Å². The van der Waals surface area contributed by atoms with E-state index in [0.29, 0.717) is 17.9 Å². The van der Waals surface area contributed by atoms with Crippen molar-refractivity contribution < 1.29 is 5.21 Å². The molecule has 3 rings (SSSR count). The molecule has 0 unspecified atom stereocenters. The molecule has 1 N–H and O–H groups in total. The first-order valence-corrected chi connectivity index (χ1v) is 6.86. The van der Waals surface area contributed by atoms with Crippen LogP contribution in [0.4, 0.5) is 0 Å². The Morgan fingerprint density at radius 1 is 1.00 bits per heavy atom. The van der Waals surface area contributed by atoms with Gasteiger partial charge in [-0.1, -0.05) is 11.6 Å². The second-order valence-electron chi connectivity index (χ2n) is 5.65. The first kappa shape index (κ1) is 10.6. The number of nitrogens with zero attached hydrogens (tertiary/aromatic N) is 2. The largest absolute Gasteiger partial charge is 0.411 e. The van der Waals surface area contributed by atoms with E-state index in [9.17, 15) is 0 Å². The molecule has 2 aliphatic carbocycles. The van der Waals surface area contributed by atoms with Crippen molar-refractivity contribution in [2.75, 3.05) is 13.1 Å². The Morgan fingerprint density at radius 2 is 1.75 bits per heavy atom. The molecular weight excluding hydrogens is 200 g/mol. The molecule has 2 bridgehead atoms. The molecule has 1 aliphatic heterocycles. The maximum absolute atomic E-state index is 9.16. The third-order valence-corrected chi connectivity index (χ3v) is 4.87. The molecule has 3 aliphatic rings. The van der Waals surface area contributed by atoms with Crippen molar-refractivity contribution >= 4 is 5.71 Å². The predicted molar refractivity (Wildman–Crippen MR) is 63.9 cm³/mol. The first-order chi connectivity index (χ1) is 7.90. The highest BCUT2D eigenvalue weighted by molar-refractivity contribution is 5.91. The van der Waals surface area contributed by atoms with Crippen LogP contribution in [0.2, 0.25) is 0 Å². The van der Waals surface area contributed by atoms with Crippen LogP contribution in [-0.2, 0) is 0 Å². The summed E-state index contributed by atoms with van der Waals surface area (Å²) < 4.78 is 0. The average molecular weight is 222 g/mol. The molecule has 0 amide bonds. The van der Waals surface area contributed by atoms with Crippen LogP contribution in [0.3, 0.4) is 0 Å². The van der Waals surface area contributed by atoms with Gasteiger partial charge in [0.1, 0.15) is 0 Å². The molecule has 1 saturated heterocycles. The van der Waals surface area contributed by atoms with E-state index in [4.69, 9.17) is 5.21 Å². The third-order valence-electron chi connectivity index (χ3n) is 4.87. The highest BCUT2D eigenvalue weighted by Crippen LogP contribution is 2.42. The average Bonchev–Trinajstić information content (AvgIpc) is 2.63. The minimum absolute atomic E-state index is 0.571. The maximum atomic E-state index is 9.16. The summed E-state index contributed by atoms with van der Waals surface area (Å²) in [6.45, 7) is 2.54. The smallest absolute Gasteiger partial charge is 0.0648 e. The standard InChI is InChI=1S/C13H22N2O/c16-14-13-10-4-6-11(13)12(7-5-10)15-8-2-1-3-9-15/h10-12,16H,1-9H2/t10-,11-,12+/m0/s1. The highest BCUT2D eigenvalue weighted by Gasteiger charge is 2.44. The zero-order valence-corrected chi connectivity index (χ0v) is 9.94. The van der Waals surface area contributed by atoms with E-state index in [-0.39, 0.29) is 0 Å². The molecule has 3 heteroatoms. The summed E-state index contributed by atoms with van der Waals surface area (Å²) >= 11 is 0. The fourth-order valence-electron chi connectivity index (χ4n) is 4.08. The van der Waals surface area contributed by atoms with Gasteiger partial charge < -0.3 is 5.21 Å². The lowest BCUT2D eigenvalue weighted by molar-refractivity contribution is 0.123. The lowest BCUT2D eigenvalue weighted by Gasteiger charge is -2.40. The Morgan fingerprint density at radius 3 is 2.50 bits per heavy atom. The number of rotatable bonds is 1. The summed E-state index contributed by atoms with van der Waals surface area (Å²) in [5, 5.41) is 12.8. The van der Waals surface area contributed by atoms with E-state index in [2.05, 4.69) is 10.1 Å². The van der Waals surface area contributed by atoms with Gasteiger partial charge in [-0.2, -0.15) is 0 Å². The van der Waals surface area contributed by atoms with Crippen LogP contribution in [-0.4, -0.2) is 35.0 Å². The zero-order chi connectivity index (χ0) is 11.0. The van der Waals surface area contributed by atoms with Gasteiger partial charge in [0, 0.05) is 17.9 Å². The normalized spacial score (nSPS) is 42.8. The molecule has 0 aromatic heterocycles. The van der Waals surface area contributed by atoms with Crippen LogP contribution in [0.1, 0.15) is 44.9 Å². The zero-order valence-electron chi connectivity index (χ0n) is 9.94. The lowest BCUT2D eigenvalue weighted by atomic mass is 9.81. The number of piperidine rings is 1. The number of likely N-dealkylation sites (tertiary alicyclic amines) is 1. The molecule has 0 aromatic carbocycles. The molecule has 0 radical (unpaired) electrons. The first-order valence-electron chi connectivity index (χ1n) is 6.86. The van der Waals surface area contributed by atoms with Crippen LogP contribution in [0.15, 0.2) is 5.16 Å². The van der Waals surface area contributed by atoms with Crippen molar-refractivity contribution in [3.8, 4) is 0 Å². The summed E-state index contributed by atoms with van der Waals surface area (Å²) in [6, 6.07) is 0.685. The topological polar surface area (TPSA) is 35.8 Å². The summed E-state index contributed by atoms with van der Waals surface area (Å²) in [5.74, 6) is 1.18. The summed E-state index contributed by atoms with van der Waals surface area (Å²) in [5.41, 5.74) is 1.13. The van der Waals surface area contributed by atoms with Crippen LogP contribution in [0.5, 0.6) is 0 Å². The molecule has 16 heavy (non-hydrogen) atoms. The minimum atomic E-state index is 0.571. The van der Waals surface area contributed by atoms with Gasteiger partial charge in [-0.05, 0) is 51.6 Å². The second-order valence-corrected chi connectivity index (χ2v) is 5.65. The van der Waals surface area contributed by atoms with Crippen LogP contribution in [0.25, 0.3) is 0 Å². The Balaban J connectivity index is 1.75. The van der Waals surface area contributed by atoms with E-state index >= 15 is 0 Å². The molecule has 2 saturated carbocycles. The van der Waals surface area contributed by atoms with Gasteiger partial charge in [-0.3, -0.25) is 4.90 Å². The van der Waals surface area contributed by atoms with Crippen LogP contribution in [0, 0.1) is 11.8 Å². The van der Waals surface area contributed by atoms with E-state index in [1.54, 1.807) is 0 Å².